The molecule has 1 aromatic rings. The van der Waals surface area contributed by atoms with Crippen molar-refractivity contribution in [3.05, 3.63) is 35.1 Å². The number of rotatable bonds is 8. The van der Waals surface area contributed by atoms with E-state index in [-0.39, 0.29) is 12.4 Å². The van der Waals surface area contributed by atoms with Crippen LogP contribution in [0.3, 0.4) is 0 Å². The maximum atomic E-state index is 14.2. The zero-order valence-corrected chi connectivity index (χ0v) is 12.5. The standard InChI is InChI=1S/C16H27FN2/c1-4-13(5-2)11-19(6-3)12-15-9-7-8-14(10-18)16(15)17/h7-9,13H,4-6,10-12,18H2,1-3H3. The molecule has 1 aromatic carbocycles. The van der Waals surface area contributed by atoms with Gasteiger partial charge in [-0.3, -0.25) is 4.90 Å². The van der Waals surface area contributed by atoms with Crippen LogP contribution >= 0.6 is 0 Å². The third kappa shape index (κ3) is 4.59. The summed E-state index contributed by atoms with van der Waals surface area (Å²) in [7, 11) is 0. The predicted octanol–water partition coefficient (Wildman–Crippen LogP) is 3.54. The zero-order chi connectivity index (χ0) is 14.3. The molecular formula is C16H27FN2. The van der Waals surface area contributed by atoms with Crippen LogP contribution in [0.4, 0.5) is 4.39 Å². The first-order valence-corrected chi connectivity index (χ1v) is 7.34. The van der Waals surface area contributed by atoms with Crippen molar-refractivity contribution in [3.63, 3.8) is 0 Å². The molecule has 0 atom stereocenters. The molecule has 2 nitrogen and oxygen atoms in total. The monoisotopic (exact) mass is 266 g/mol. The van der Waals surface area contributed by atoms with Crippen molar-refractivity contribution in [2.24, 2.45) is 11.7 Å². The van der Waals surface area contributed by atoms with Gasteiger partial charge in [0.15, 0.2) is 0 Å². The molecule has 1 rings (SSSR count). The Bertz CT molecular complexity index is 375. The van der Waals surface area contributed by atoms with Gasteiger partial charge < -0.3 is 5.73 Å². The van der Waals surface area contributed by atoms with Crippen LogP contribution in [0.5, 0.6) is 0 Å². The summed E-state index contributed by atoms with van der Waals surface area (Å²) in [5.74, 6) is 0.564. The van der Waals surface area contributed by atoms with Crippen molar-refractivity contribution < 1.29 is 4.39 Å². The molecule has 0 aliphatic rings. The maximum absolute atomic E-state index is 14.2. The average Bonchev–Trinajstić information content (AvgIpc) is 2.45. The van der Waals surface area contributed by atoms with Crippen LogP contribution in [0.15, 0.2) is 18.2 Å². The van der Waals surface area contributed by atoms with E-state index in [0.29, 0.717) is 18.0 Å². The number of nitrogens with zero attached hydrogens (tertiary/aromatic N) is 1. The first-order chi connectivity index (χ1) is 9.15. The summed E-state index contributed by atoms with van der Waals surface area (Å²) in [6.07, 6.45) is 2.36. The highest BCUT2D eigenvalue weighted by atomic mass is 19.1. The fourth-order valence-electron chi connectivity index (χ4n) is 2.37. The molecule has 0 aliphatic heterocycles. The number of nitrogens with two attached hydrogens (primary N) is 1. The van der Waals surface area contributed by atoms with E-state index < -0.39 is 0 Å². The van der Waals surface area contributed by atoms with Gasteiger partial charge >= 0.3 is 0 Å². The van der Waals surface area contributed by atoms with Gasteiger partial charge in [0.2, 0.25) is 0 Å². The van der Waals surface area contributed by atoms with Crippen LogP contribution in [0.25, 0.3) is 0 Å². The predicted molar refractivity (Wildman–Crippen MR) is 79.3 cm³/mol. The van der Waals surface area contributed by atoms with Gasteiger partial charge in [-0.1, -0.05) is 51.8 Å². The van der Waals surface area contributed by atoms with E-state index in [0.717, 1.165) is 18.7 Å². The molecule has 0 aliphatic carbocycles. The third-order valence-corrected chi connectivity index (χ3v) is 3.89. The molecule has 0 saturated carbocycles. The lowest BCUT2D eigenvalue weighted by molar-refractivity contribution is 0.223. The molecule has 0 amide bonds. The minimum Gasteiger partial charge on any atom is -0.326 e. The Morgan fingerprint density at radius 3 is 2.32 bits per heavy atom. The molecule has 0 spiro atoms. The van der Waals surface area contributed by atoms with Gasteiger partial charge in [0.05, 0.1) is 0 Å². The van der Waals surface area contributed by atoms with Gasteiger partial charge in [-0.25, -0.2) is 4.39 Å². The molecule has 108 valence electrons. The SMILES string of the molecule is CCC(CC)CN(CC)Cc1cccc(CN)c1F. The van der Waals surface area contributed by atoms with Gasteiger partial charge in [-0.15, -0.1) is 0 Å². The van der Waals surface area contributed by atoms with Gasteiger partial charge in [-0.2, -0.15) is 0 Å². The van der Waals surface area contributed by atoms with Crippen molar-refractivity contribution in [3.8, 4) is 0 Å². The Labute approximate surface area is 116 Å². The van der Waals surface area contributed by atoms with E-state index in [1.54, 1.807) is 6.07 Å². The smallest absolute Gasteiger partial charge is 0.132 e. The molecular weight excluding hydrogens is 239 g/mol. The minimum absolute atomic E-state index is 0.131. The highest BCUT2D eigenvalue weighted by Gasteiger charge is 2.13. The quantitative estimate of drug-likeness (QED) is 0.779. The highest BCUT2D eigenvalue weighted by Crippen LogP contribution is 2.17. The van der Waals surface area contributed by atoms with E-state index in [4.69, 9.17) is 5.73 Å². The Kier molecular flexibility index (Phi) is 7.03. The molecule has 0 fully saturated rings. The maximum Gasteiger partial charge on any atom is 0.132 e. The molecule has 0 unspecified atom stereocenters. The molecule has 0 heterocycles. The Hall–Kier alpha value is -0.930. The zero-order valence-electron chi connectivity index (χ0n) is 12.5. The van der Waals surface area contributed by atoms with Crippen molar-refractivity contribution in [1.82, 2.24) is 4.90 Å². The molecule has 0 bridgehead atoms. The third-order valence-electron chi connectivity index (χ3n) is 3.89. The second-order valence-corrected chi connectivity index (χ2v) is 5.10. The molecule has 0 radical (unpaired) electrons. The van der Waals surface area contributed by atoms with Crippen LogP contribution in [-0.4, -0.2) is 18.0 Å². The fourth-order valence-corrected chi connectivity index (χ4v) is 2.37. The summed E-state index contributed by atoms with van der Waals surface area (Å²) in [6, 6.07) is 5.52. The van der Waals surface area contributed by atoms with Crippen LogP contribution < -0.4 is 5.73 Å². The van der Waals surface area contributed by atoms with Crippen LogP contribution in [0, 0.1) is 11.7 Å². The van der Waals surface area contributed by atoms with E-state index >= 15 is 0 Å². The summed E-state index contributed by atoms with van der Waals surface area (Å²) >= 11 is 0. The van der Waals surface area contributed by atoms with Gasteiger partial charge in [-0.05, 0) is 12.5 Å². The summed E-state index contributed by atoms with van der Waals surface area (Å²) in [5, 5.41) is 0. The van der Waals surface area contributed by atoms with Crippen LogP contribution in [0.1, 0.15) is 44.7 Å². The van der Waals surface area contributed by atoms with Crippen molar-refractivity contribution in [2.75, 3.05) is 13.1 Å². The van der Waals surface area contributed by atoms with E-state index in [1.165, 1.54) is 12.8 Å². The summed E-state index contributed by atoms with van der Waals surface area (Å²) in [5.41, 5.74) is 6.92. The largest absolute Gasteiger partial charge is 0.326 e. The first kappa shape index (κ1) is 16.1. The van der Waals surface area contributed by atoms with Crippen molar-refractivity contribution >= 4 is 0 Å². The fraction of sp³-hybridized carbons (Fsp3) is 0.625. The molecule has 19 heavy (non-hydrogen) atoms. The Morgan fingerprint density at radius 1 is 1.16 bits per heavy atom. The van der Waals surface area contributed by atoms with Crippen molar-refractivity contribution in [1.29, 1.82) is 0 Å². The summed E-state index contributed by atoms with van der Waals surface area (Å²) in [6.45, 7) is 9.49. The van der Waals surface area contributed by atoms with Gasteiger partial charge in [0, 0.05) is 30.8 Å². The molecule has 0 aromatic heterocycles. The van der Waals surface area contributed by atoms with E-state index in [2.05, 4.69) is 25.7 Å². The summed E-state index contributed by atoms with van der Waals surface area (Å²) < 4.78 is 14.2. The van der Waals surface area contributed by atoms with Crippen LogP contribution in [0.2, 0.25) is 0 Å². The minimum atomic E-state index is -0.131. The van der Waals surface area contributed by atoms with E-state index in [9.17, 15) is 4.39 Å². The second-order valence-electron chi connectivity index (χ2n) is 5.10. The number of benzene rings is 1. The lowest BCUT2D eigenvalue weighted by atomic mass is 10.0. The Morgan fingerprint density at radius 2 is 1.79 bits per heavy atom. The summed E-state index contributed by atoms with van der Waals surface area (Å²) in [4.78, 5) is 2.32. The topological polar surface area (TPSA) is 29.3 Å². The van der Waals surface area contributed by atoms with Crippen molar-refractivity contribution in [2.45, 2.75) is 46.7 Å². The number of halogens is 1. The lowest BCUT2D eigenvalue weighted by Gasteiger charge is -2.25. The normalized spacial score (nSPS) is 11.5. The van der Waals surface area contributed by atoms with Gasteiger partial charge in [0.1, 0.15) is 5.82 Å². The second kappa shape index (κ2) is 8.28. The lowest BCUT2D eigenvalue weighted by Crippen LogP contribution is -2.29. The van der Waals surface area contributed by atoms with Gasteiger partial charge in [0.25, 0.3) is 0 Å². The highest BCUT2D eigenvalue weighted by molar-refractivity contribution is 5.25. The molecule has 2 N–H and O–H groups in total. The molecule has 0 saturated heterocycles. The average molecular weight is 266 g/mol. The number of hydrogen-bond acceptors (Lipinski definition) is 2. The van der Waals surface area contributed by atoms with Crippen LogP contribution in [-0.2, 0) is 13.1 Å². The molecule has 3 heteroatoms. The first-order valence-electron chi connectivity index (χ1n) is 7.34. The Balaban J connectivity index is 2.75. The number of hydrogen-bond donors (Lipinski definition) is 1. The van der Waals surface area contributed by atoms with E-state index in [1.807, 2.05) is 12.1 Å².